The first-order valence-electron chi connectivity index (χ1n) is 6.67. The van der Waals surface area contributed by atoms with Crippen LogP contribution in [0.15, 0.2) is 41.7 Å². The Bertz CT molecular complexity index is 929. The molecule has 0 aliphatic heterocycles. The lowest BCUT2D eigenvalue weighted by atomic mass is 10.3. The van der Waals surface area contributed by atoms with Crippen molar-refractivity contribution in [2.75, 3.05) is 0 Å². The van der Waals surface area contributed by atoms with Crippen LogP contribution < -0.4 is 0 Å². The van der Waals surface area contributed by atoms with E-state index in [0.717, 1.165) is 16.7 Å². The lowest BCUT2D eigenvalue weighted by Crippen LogP contribution is -2.04. The van der Waals surface area contributed by atoms with Gasteiger partial charge in [-0.3, -0.25) is 0 Å². The van der Waals surface area contributed by atoms with Crippen molar-refractivity contribution in [2.45, 2.75) is 13.5 Å². The molecule has 0 fully saturated rings. The molecule has 0 saturated carbocycles. The van der Waals surface area contributed by atoms with Gasteiger partial charge in [-0.2, -0.15) is 0 Å². The predicted molar refractivity (Wildman–Crippen MR) is 76.7 cm³/mol. The molecule has 108 valence electrons. The molecule has 0 N–H and O–H groups in total. The summed E-state index contributed by atoms with van der Waals surface area (Å²) in [6, 6.07) is 3.76. The highest BCUT2D eigenvalue weighted by Gasteiger charge is 2.19. The van der Waals surface area contributed by atoms with Crippen molar-refractivity contribution < 1.29 is 4.63 Å². The molecule has 0 bridgehead atoms. The van der Waals surface area contributed by atoms with E-state index in [1.54, 1.807) is 18.6 Å². The van der Waals surface area contributed by atoms with Crippen LogP contribution in [-0.4, -0.2) is 34.8 Å². The topological polar surface area (TPSA) is 95.4 Å². The van der Waals surface area contributed by atoms with Crippen LogP contribution >= 0.6 is 0 Å². The summed E-state index contributed by atoms with van der Waals surface area (Å²) in [4.78, 5) is 17.1. The van der Waals surface area contributed by atoms with E-state index < -0.39 is 0 Å². The Morgan fingerprint density at radius 2 is 2.05 bits per heavy atom. The summed E-state index contributed by atoms with van der Waals surface area (Å²) in [7, 11) is 0. The van der Waals surface area contributed by atoms with Gasteiger partial charge in [0.15, 0.2) is 17.2 Å². The molecular weight excluding hydrogens is 282 g/mol. The van der Waals surface area contributed by atoms with Crippen LogP contribution in [0.1, 0.15) is 11.3 Å². The summed E-state index contributed by atoms with van der Waals surface area (Å²) in [6.07, 6.45) is 6.76. The zero-order chi connectivity index (χ0) is 14.9. The Hall–Kier alpha value is -3.16. The maximum atomic E-state index is 4.80. The lowest BCUT2D eigenvalue weighted by Gasteiger charge is -2.06. The van der Waals surface area contributed by atoms with Crippen LogP contribution in [0.5, 0.6) is 0 Å². The van der Waals surface area contributed by atoms with Gasteiger partial charge in [0.1, 0.15) is 17.5 Å². The van der Waals surface area contributed by atoms with Crippen LogP contribution in [0.4, 0.5) is 0 Å². The van der Waals surface area contributed by atoms with Gasteiger partial charge in [0.25, 0.3) is 0 Å². The molecule has 4 aromatic rings. The fourth-order valence-electron chi connectivity index (χ4n) is 2.32. The molecule has 0 amide bonds. The van der Waals surface area contributed by atoms with Crippen molar-refractivity contribution >= 4 is 11.2 Å². The Morgan fingerprint density at radius 3 is 2.82 bits per heavy atom. The van der Waals surface area contributed by atoms with Crippen LogP contribution in [0.2, 0.25) is 0 Å². The maximum Gasteiger partial charge on any atom is 0.173 e. The first-order chi connectivity index (χ1) is 10.8. The van der Waals surface area contributed by atoms with Crippen LogP contribution in [-0.2, 0) is 6.54 Å². The highest BCUT2D eigenvalue weighted by Crippen LogP contribution is 2.24. The van der Waals surface area contributed by atoms with Gasteiger partial charge >= 0.3 is 0 Å². The molecule has 0 atom stereocenters. The third-order valence-electron chi connectivity index (χ3n) is 3.32. The largest absolute Gasteiger partial charge is 0.303 e. The number of aryl methyl sites for hydroxylation is 1. The SMILES string of the molecule is Cc1nonc1-c1nc2cccnc2n1Cc1cncnc1. The van der Waals surface area contributed by atoms with E-state index in [9.17, 15) is 0 Å². The molecule has 0 aliphatic rings. The number of pyridine rings is 1. The van der Waals surface area contributed by atoms with E-state index in [0.29, 0.717) is 23.8 Å². The molecule has 0 spiro atoms. The Labute approximate surface area is 124 Å². The summed E-state index contributed by atoms with van der Waals surface area (Å²) in [6.45, 7) is 2.37. The zero-order valence-electron chi connectivity index (χ0n) is 11.7. The van der Waals surface area contributed by atoms with Crippen molar-refractivity contribution in [2.24, 2.45) is 0 Å². The van der Waals surface area contributed by atoms with E-state index in [-0.39, 0.29) is 0 Å². The van der Waals surface area contributed by atoms with Crippen molar-refractivity contribution in [3.63, 3.8) is 0 Å². The zero-order valence-corrected chi connectivity index (χ0v) is 11.7. The van der Waals surface area contributed by atoms with Crippen LogP contribution in [0.3, 0.4) is 0 Å². The second-order valence-corrected chi connectivity index (χ2v) is 4.81. The van der Waals surface area contributed by atoms with Crippen molar-refractivity contribution in [3.05, 3.63) is 48.3 Å². The molecule has 4 heterocycles. The van der Waals surface area contributed by atoms with E-state index >= 15 is 0 Å². The summed E-state index contributed by atoms with van der Waals surface area (Å²) < 4.78 is 6.76. The average molecular weight is 293 g/mol. The van der Waals surface area contributed by atoms with Gasteiger partial charge in [-0.25, -0.2) is 24.6 Å². The Balaban J connectivity index is 1.93. The minimum absolute atomic E-state index is 0.538. The summed E-state index contributed by atoms with van der Waals surface area (Å²) in [5.41, 5.74) is 3.79. The second-order valence-electron chi connectivity index (χ2n) is 4.81. The minimum Gasteiger partial charge on any atom is -0.303 e. The predicted octanol–water partition coefficient (Wildman–Crippen LogP) is 1.63. The van der Waals surface area contributed by atoms with Gasteiger partial charge in [0.05, 0.1) is 6.54 Å². The molecule has 0 aromatic carbocycles. The molecule has 8 heteroatoms. The minimum atomic E-state index is 0.538. The molecule has 8 nitrogen and oxygen atoms in total. The molecule has 22 heavy (non-hydrogen) atoms. The fraction of sp³-hybridized carbons (Fsp3) is 0.143. The summed E-state index contributed by atoms with van der Waals surface area (Å²) in [5, 5.41) is 7.78. The van der Waals surface area contributed by atoms with Crippen molar-refractivity contribution in [1.82, 2.24) is 34.8 Å². The van der Waals surface area contributed by atoms with Gasteiger partial charge in [0.2, 0.25) is 0 Å². The van der Waals surface area contributed by atoms with Crippen molar-refractivity contribution in [3.8, 4) is 11.5 Å². The van der Waals surface area contributed by atoms with E-state index in [2.05, 4.69) is 30.2 Å². The third kappa shape index (κ3) is 2.01. The van der Waals surface area contributed by atoms with Gasteiger partial charge in [-0.05, 0) is 24.2 Å². The number of nitrogens with zero attached hydrogens (tertiary/aromatic N) is 7. The number of aromatic nitrogens is 7. The molecular formula is C14H11N7O. The molecule has 0 radical (unpaired) electrons. The maximum absolute atomic E-state index is 4.80. The van der Waals surface area contributed by atoms with Gasteiger partial charge in [-0.15, -0.1) is 0 Å². The fourth-order valence-corrected chi connectivity index (χ4v) is 2.32. The van der Waals surface area contributed by atoms with E-state index in [4.69, 9.17) is 4.63 Å². The van der Waals surface area contributed by atoms with E-state index in [1.807, 2.05) is 23.6 Å². The number of fused-ring (bicyclic) bond motifs is 1. The molecule has 4 rings (SSSR count). The Morgan fingerprint density at radius 1 is 1.18 bits per heavy atom. The quantitative estimate of drug-likeness (QED) is 0.566. The lowest BCUT2D eigenvalue weighted by molar-refractivity contribution is 0.305. The summed E-state index contributed by atoms with van der Waals surface area (Å²) in [5.74, 6) is 0.663. The number of hydrogen-bond donors (Lipinski definition) is 0. The highest BCUT2D eigenvalue weighted by atomic mass is 16.6. The second kappa shape index (κ2) is 4.99. The number of hydrogen-bond acceptors (Lipinski definition) is 7. The van der Waals surface area contributed by atoms with Crippen LogP contribution in [0.25, 0.3) is 22.7 Å². The number of imidazole rings is 1. The monoisotopic (exact) mass is 293 g/mol. The normalized spacial score (nSPS) is 11.1. The third-order valence-corrected chi connectivity index (χ3v) is 3.32. The first-order valence-corrected chi connectivity index (χ1v) is 6.67. The van der Waals surface area contributed by atoms with Crippen molar-refractivity contribution in [1.29, 1.82) is 0 Å². The smallest absolute Gasteiger partial charge is 0.173 e. The molecule has 4 aromatic heterocycles. The summed E-state index contributed by atoms with van der Waals surface area (Å²) >= 11 is 0. The molecule has 0 saturated heterocycles. The van der Waals surface area contributed by atoms with Crippen LogP contribution in [0, 0.1) is 6.92 Å². The van der Waals surface area contributed by atoms with Gasteiger partial charge < -0.3 is 4.57 Å². The number of rotatable bonds is 3. The standard InChI is InChI=1S/C14H11N7O/c1-9-12(20-22-19-9)14-18-11-3-2-4-17-13(11)21(14)7-10-5-15-8-16-6-10/h2-6,8H,7H2,1H3. The highest BCUT2D eigenvalue weighted by molar-refractivity contribution is 5.76. The average Bonchev–Trinajstić information content (AvgIpc) is 3.12. The first kappa shape index (κ1) is 12.6. The van der Waals surface area contributed by atoms with E-state index in [1.165, 1.54) is 6.33 Å². The Kier molecular flexibility index (Phi) is 2.85. The molecule has 0 unspecified atom stereocenters. The molecule has 0 aliphatic carbocycles. The van der Waals surface area contributed by atoms with Gasteiger partial charge in [0, 0.05) is 24.2 Å². The van der Waals surface area contributed by atoms with Gasteiger partial charge in [-0.1, -0.05) is 5.16 Å².